The highest BCUT2D eigenvalue weighted by Gasteiger charge is 2.11. The lowest BCUT2D eigenvalue weighted by atomic mass is 10.1. The van der Waals surface area contributed by atoms with Gasteiger partial charge in [0.15, 0.2) is 17.5 Å². The lowest BCUT2D eigenvalue weighted by molar-refractivity contribution is 0.297. The maximum absolute atomic E-state index is 5.78. The SMILES string of the molecule is CCNC(=NCc1cccc(CN(C)C)c1)Nc1ccc2c(c1)OCCCO2. The Morgan fingerprint density at radius 1 is 1.04 bits per heavy atom. The van der Waals surface area contributed by atoms with Gasteiger partial charge in [-0.05, 0) is 44.3 Å². The van der Waals surface area contributed by atoms with E-state index >= 15 is 0 Å². The normalized spacial score (nSPS) is 13.9. The van der Waals surface area contributed by atoms with E-state index in [4.69, 9.17) is 14.5 Å². The van der Waals surface area contributed by atoms with Crippen molar-refractivity contribution in [1.29, 1.82) is 0 Å². The van der Waals surface area contributed by atoms with E-state index in [1.165, 1.54) is 11.1 Å². The number of anilines is 1. The van der Waals surface area contributed by atoms with E-state index in [0.717, 1.165) is 42.7 Å². The number of hydrogen-bond acceptors (Lipinski definition) is 4. The summed E-state index contributed by atoms with van der Waals surface area (Å²) >= 11 is 0. The fourth-order valence-electron chi connectivity index (χ4n) is 3.05. The van der Waals surface area contributed by atoms with Crippen molar-refractivity contribution in [3.05, 3.63) is 53.6 Å². The van der Waals surface area contributed by atoms with Gasteiger partial charge in [0.05, 0.1) is 19.8 Å². The topological polar surface area (TPSA) is 58.1 Å². The third kappa shape index (κ3) is 5.89. The molecule has 3 rings (SSSR count). The monoisotopic (exact) mass is 382 g/mol. The molecule has 0 aromatic heterocycles. The Kier molecular flexibility index (Phi) is 7.14. The molecule has 1 aliphatic rings. The van der Waals surface area contributed by atoms with Crippen LogP contribution < -0.4 is 20.1 Å². The van der Waals surface area contributed by atoms with Crippen molar-refractivity contribution < 1.29 is 9.47 Å². The lowest BCUT2D eigenvalue weighted by Gasteiger charge is -2.14. The minimum absolute atomic E-state index is 0.612. The number of nitrogens with one attached hydrogen (secondary N) is 2. The Balaban J connectivity index is 1.70. The highest BCUT2D eigenvalue weighted by Crippen LogP contribution is 2.32. The van der Waals surface area contributed by atoms with Crippen LogP contribution in [0.4, 0.5) is 5.69 Å². The summed E-state index contributed by atoms with van der Waals surface area (Å²) in [5.41, 5.74) is 3.40. The summed E-state index contributed by atoms with van der Waals surface area (Å²) in [5, 5.41) is 6.66. The third-order valence-corrected chi connectivity index (χ3v) is 4.26. The predicted molar refractivity (Wildman–Crippen MR) is 114 cm³/mol. The molecule has 0 unspecified atom stereocenters. The van der Waals surface area contributed by atoms with E-state index in [0.29, 0.717) is 19.8 Å². The Bertz CT molecular complexity index is 805. The summed E-state index contributed by atoms with van der Waals surface area (Å²) in [6, 6.07) is 14.4. The zero-order valence-electron chi connectivity index (χ0n) is 17.0. The summed E-state index contributed by atoms with van der Waals surface area (Å²) < 4.78 is 11.5. The van der Waals surface area contributed by atoms with Gasteiger partial charge in [-0.15, -0.1) is 0 Å². The third-order valence-electron chi connectivity index (χ3n) is 4.26. The molecule has 0 aliphatic carbocycles. The van der Waals surface area contributed by atoms with Gasteiger partial charge in [-0.2, -0.15) is 0 Å². The van der Waals surface area contributed by atoms with Crippen LogP contribution >= 0.6 is 0 Å². The molecule has 28 heavy (non-hydrogen) atoms. The molecule has 2 aromatic carbocycles. The van der Waals surface area contributed by atoms with Gasteiger partial charge in [0.2, 0.25) is 0 Å². The molecule has 0 spiro atoms. The number of rotatable bonds is 6. The second-order valence-corrected chi connectivity index (χ2v) is 7.09. The quantitative estimate of drug-likeness (QED) is 0.592. The number of hydrogen-bond donors (Lipinski definition) is 2. The molecule has 0 saturated carbocycles. The van der Waals surface area contributed by atoms with E-state index in [9.17, 15) is 0 Å². The van der Waals surface area contributed by atoms with Crippen molar-refractivity contribution in [3.63, 3.8) is 0 Å². The molecule has 0 radical (unpaired) electrons. The Morgan fingerprint density at radius 2 is 1.82 bits per heavy atom. The number of aliphatic imine (C=N–C) groups is 1. The summed E-state index contributed by atoms with van der Waals surface area (Å²) in [7, 11) is 4.15. The van der Waals surface area contributed by atoms with Crippen molar-refractivity contribution in [2.75, 3.05) is 39.2 Å². The summed E-state index contributed by atoms with van der Waals surface area (Å²) in [5.74, 6) is 2.31. The Hall–Kier alpha value is -2.73. The van der Waals surface area contributed by atoms with Crippen LogP contribution in [0.2, 0.25) is 0 Å². The summed E-state index contributed by atoms with van der Waals surface area (Å²) in [6.07, 6.45) is 0.897. The molecule has 0 amide bonds. The summed E-state index contributed by atoms with van der Waals surface area (Å²) in [4.78, 5) is 6.90. The van der Waals surface area contributed by atoms with Crippen molar-refractivity contribution >= 4 is 11.6 Å². The van der Waals surface area contributed by atoms with Crippen LogP contribution in [0.25, 0.3) is 0 Å². The number of benzene rings is 2. The molecule has 0 saturated heterocycles. The van der Waals surface area contributed by atoms with Crippen LogP contribution in [-0.4, -0.2) is 44.7 Å². The smallest absolute Gasteiger partial charge is 0.196 e. The van der Waals surface area contributed by atoms with Gasteiger partial charge < -0.3 is 25.0 Å². The average Bonchev–Trinajstić information content (AvgIpc) is 2.91. The van der Waals surface area contributed by atoms with Crippen molar-refractivity contribution in [1.82, 2.24) is 10.2 Å². The van der Waals surface area contributed by atoms with Crippen molar-refractivity contribution in [3.8, 4) is 11.5 Å². The molecule has 6 nitrogen and oxygen atoms in total. The molecular formula is C22H30N4O2. The molecule has 2 aromatic rings. The Labute approximate surface area is 167 Å². The zero-order valence-corrected chi connectivity index (χ0v) is 17.0. The first-order valence-corrected chi connectivity index (χ1v) is 9.81. The molecule has 2 N–H and O–H groups in total. The first-order chi connectivity index (χ1) is 13.6. The maximum atomic E-state index is 5.78. The lowest BCUT2D eigenvalue weighted by Crippen LogP contribution is -2.30. The standard InChI is InChI=1S/C22H30N4O2/c1-4-23-22(24-15-17-7-5-8-18(13-17)16-26(2)3)25-19-9-10-20-21(14-19)28-12-6-11-27-20/h5,7-10,13-14H,4,6,11-12,15-16H2,1-3H3,(H2,23,24,25). The fraction of sp³-hybridized carbons (Fsp3) is 0.409. The van der Waals surface area contributed by atoms with Crippen LogP contribution in [0.3, 0.4) is 0 Å². The first-order valence-electron chi connectivity index (χ1n) is 9.81. The minimum Gasteiger partial charge on any atom is -0.490 e. The van der Waals surface area contributed by atoms with Gasteiger partial charge in [0, 0.05) is 31.3 Å². The fourth-order valence-corrected chi connectivity index (χ4v) is 3.05. The van der Waals surface area contributed by atoms with Crippen molar-refractivity contribution in [2.24, 2.45) is 4.99 Å². The summed E-state index contributed by atoms with van der Waals surface area (Å²) in [6.45, 7) is 5.75. The largest absolute Gasteiger partial charge is 0.490 e. The molecule has 1 heterocycles. The van der Waals surface area contributed by atoms with E-state index < -0.39 is 0 Å². The van der Waals surface area contributed by atoms with Crippen LogP contribution in [0, 0.1) is 0 Å². The highest BCUT2D eigenvalue weighted by atomic mass is 16.5. The van der Waals surface area contributed by atoms with E-state index in [1.807, 2.05) is 18.2 Å². The van der Waals surface area contributed by atoms with Gasteiger partial charge in [-0.3, -0.25) is 0 Å². The zero-order chi connectivity index (χ0) is 19.8. The van der Waals surface area contributed by atoms with Gasteiger partial charge in [0.25, 0.3) is 0 Å². The van der Waals surface area contributed by atoms with E-state index in [2.05, 4.69) is 60.8 Å². The van der Waals surface area contributed by atoms with E-state index in [1.54, 1.807) is 0 Å². The predicted octanol–water partition coefficient (Wildman–Crippen LogP) is 3.49. The van der Waals surface area contributed by atoms with Gasteiger partial charge >= 0.3 is 0 Å². The van der Waals surface area contributed by atoms with Gasteiger partial charge in [0.1, 0.15) is 0 Å². The molecule has 150 valence electrons. The Morgan fingerprint density at radius 3 is 2.61 bits per heavy atom. The second kappa shape index (κ2) is 9.99. The molecule has 1 aliphatic heterocycles. The number of fused-ring (bicyclic) bond motifs is 1. The molecule has 0 fully saturated rings. The molecular weight excluding hydrogens is 352 g/mol. The van der Waals surface area contributed by atoms with Crippen LogP contribution in [0.1, 0.15) is 24.5 Å². The van der Waals surface area contributed by atoms with E-state index in [-0.39, 0.29) is 0 Å². The molecule has 0 atom stereocenters. The van der Waals surface area contributed by atoms with Crippen molar-refractivity contribution in [2.45, 2.75) is 26.4 Å². The minimum atomic E-state index is 0.612. The average molecular weight is 383 g/mol. The second-order valence-electron chi connectivity index (χ2n) is 7.09. The van der Waals surface area contributed by atoms with Crippen LogP contribution in [0.5, 0.6) is 11.5 Å². The highest BCUT2D eigenvalue weighted by molar-refractivity contribution is 5.93. The number of nitrogens with zero attached hydrogens (tertiary/aromatic N) is 2. The van der Waals surface area contributed by atoms with Crippen LogP contribution in [0.15, 0.2) is 47.5 Å². The maximum Gasteiger partial charge on any atom is 0.196 e. The van der Waals surface area contributed by atoms with Gasteiger partial charge in [-0.25, -0.2) is 4.99 Å². The first kappa shape index (κ1) is 20.0. The number of ether oxygens (including phenoxy) is 2. The molecule has 0 bridgehead atoms. The number of guanidine groups is 1. The van der Waals surface area contributed by atoms with Crippen LogP contribution in [-0.2, 0) is 13.1 Å². The van der Waals surface area contributed by atoms with Gasteiger partial charge in [-0.1, -0.05) is 24.3 Å². The molecule has 6 heteroatoms.